The summed E-state index contributed by atoms with van der Waals surface area (Å²) < 4.78 is 0. The SMILES string of the molecule is CCC(C)(O)N(C)CCCNCc1ccc(Cl)nc1. The Balaban J connectivity index is 2.16. The minimum absolute atomic E-state index is 0.521. The minimum atomic E-state index is -0.708. The molecule has 0 amide bonds. The van der Waals surface area contributed by atoms with E-state index in [2.05, 4.69) is 10.3 Å². The standard InChI is InChI=1S/C14H24ClN3O/c1-4-14(2,19)18(3)9-5-8-16-10-12-6-7-13(15)17-11-12/h6-7,11,16,19H,4-5,8-10H2,1-3H3. The van der Waals surface area contributed by atoms with Gasteiger partial charge in [-0.25, -0.2) is 4.98 Å². The van der Waals surface area contributed by atoms with E-state index < -0.39 is 5.72 Å². The van der Waals surface area contributed by atoms with Gasteiger partial charge < -0.3 is 10.4 Å². The molecular formula is C14H24ClN3O. The molecule has 0 aromatic carbocycles. The number of nitrogens with one attached hydrogen (secondary N) is 1. The average molecular weight is 286 g/mol. The van der Waals surface area contributed by atoms with Gasteiger partial charge in [-0.2, -0.15) is 0 Å². The van der Waals surface area contributed by atoms with Gasteiger partial charge in [-0.3, -0.25) is 4.90 Å². The molecule has 0 aliphatic carbocycles. The van der Waals surface area contributed by atoms with Crippen molar-refractivity contribution in [1.82, 2.24) is 15.2 Å². The second-order valence-corrected chi connectivity index (χ2v) is 5.40. The lowest BCUT2D eigenvalue weighted by atomic mass is 10.1. The van der Waals surface area contributed by atoms with Gasteiger partial charge in [-0.05, 0) is 45.0 Å². The Hall–Kier alpha value is -0.680. The van der Waals surface area contributed by atoms with Crippen molar-refractivity contribution in [3.05, 3.63) is 29.0 Å². The van der Waals surface area contributed by atoms with Gasteiger partial charge >= 0.3 is 0 Å². The number of rotatable bonds is 8. The van der Waals surface area contributed by atoms with E-state index in [1.165, 1.54) is 0 Å². The molecule has 0 saturated carbocycles. The van der Waals surface area contributed by atoms with Crippen LogP contribution in [0.3, 0.4) is 0 Å². The van der Waals surface area contributed by atoms with Crippen LogP contribution < -0.4 is 5.32 Å². The zero-order valence-corrected chi connectivity index (χ0v) is 12.7. The monoisotopic (exact) mass is 285 g/mol. The molecule has 0 spiro atoms. The van der Waals surface area contributed by atoms with Crippen molar-refractivity contribution in [2.75, 3.05) is 20.1 Å². The first-order valence-corrected chi connectivity index (χ1v) is 7.08. The van der Waals surface area contributed by atoms with Crippen LogP contribution in [0.2, 0.25) is 5.15 Å². The van der Waals surface area contributed by atoms with E-state index in [0.29, 0.717) is 5.15 Å². The fourth-order valence-electron chi connectivity index (χ4n) is 1.70. The summed E-state index contributed by atoms with van der Waals surface area (Å²) in [5.74, 6) is 0. The molecule has 0 fully saturated rings. The number of aliphatic hydroxyl groups is 1. The van der Waals surface area contributed by atoms with Gasteiger partial charge in [0.15, 0.2) is 0 Å². The number of aromatic nitrogens is 1. The molecule has 0 aliphatic rings. The molecule has 1 aromatic heterocycles. The molecule has 19 heavy (non-hydrogen) atoms. The lowest BCUT2D eigenvalue weighted by Crippen LogP contribution is -2.44. The van der Waals surface area contributed by atoms with Crippen LogP contribution in [0, 0.1) is 0 Å². The molecule has 1 rings (SSSR count). The maximum atomic E-state index is 10.0. The van der Waals surface area contributed by atoms with Crippen LogP contribution in [0.25, 0.3) is 0 Å². The first-order valence-electron chi connectivity index (χ1n) is 6.70. The Morgan fingerprint density at radius 1 is 1.47 bits per heavy atom. The third kappa shape index (κ3) is 5.87. The topological polar surface area (TPSA) is 48.4 Å². The highest BCUT2D eigenvalue weighted by atomic mass is 35.5. The lowest BCUT2D eigenvalue weighted by Gasteiger charge is -2.33. The molecule has 108 valence electrons. The molecular weight excluding hydrogens is 262 g/mol. The summed E-state index contributed by atoms with van der Waals surface area (Å²) >= 11 is 5.73. The van der Waals surface area contributed by atoms with E-state index in [9.17, 15) is 5.11 Å². The van der Waals surface area contributed by atoms with Crippen LogP contribution in [0.15, 0.2) is 18.3 Å². The maximum Gasteiger partial charge on any atom is 0.129 e. The fraction of sp³-hybridized carbons (Fsp3) is 0.643. The van der Waals surface area contributed by atoms with E-state index in [1.807, 2.05) is 31.9 Å². The van der Waals surface area contributed by atoms with Crippen LogP contribution in [0.5, 0.6) is 0 Å². The molecule has 0 radical (unpaired) electrons. The smallest absolute Gasteiger partial charge is 0.129 e. The predicted octanol–water partition coefficient (Wildman–Crippen LogP) is 2.27. The van der Waals surface area contributed by atoms with Gasteiger partial charge in [0.1, 0.15) is 10.9 Å². The number of pyridine rings is 1. The van der Waals surface area contributed by atoms with Gasteiger partial charge in [-0.15, -0.1) is 0 Å². The summed E-state index contributed by atoms with van der Waals surface area (Å²) in [4.78, 5) is 6.02. The van der Waals surface area contributed by atoms with E-state index in [1.54, 1.807) is 12.3 Å². The summed E-state index contributed by atoms with van der Waals surface area (Å²) in [6.45, 7) is 6.40. The molecule has 0 aliphatic heterocycles. The van der Waals surface area contributed by atoms with Crippen LogP contribution >= 0.6 is 11.6 Å². The number of hydrogen-bond donors (Lipinski definition) is 2. The van der Waals surface area contributed by atoms with Crippen molar-refractivity contribution >= 4 is 11.6 Å². The zero-order chi connectivity index (χ0) is 14.3. The van der Waals surface area contributed by atoms with Crippen molar-refractivity contribution in [3.8, 4) is 0 Å². The van der Waals surface area contributed by atoms with Crippen LogP contribution in [0.1, 0.15) is 32.3 Å². The largest absolute Gasteiger partial charge is 0.376 e. The van der Waals surface area contributed by atoms with Crippen LogP contribution in [-0.4, -0.2) is 40.9 Å². The van der Waals surface area contributed by atoms with Crippen molar-refractivity contribution in [3.63, 3.8) is 0 Å². The first kappa shape index (κ1) is 16.4. The van der Waals surface area contributed by atoms with E-state index in [4.69, 9.17) is 11.6 Å². The Kier molecular flexibility index (Phi) is 6.72. The molecule has 4 nitrogen and oxygen atoms in total. The summed E-state index contributed by atoms with van der Waals surface area (Å²) in [5, 5.41) is 13.9. The molecule has 1 atom stereocenters. The van der Waals surface area contributed by atoms with E-state index in [0.717, 1.165) is 38.0 Å². The van der Waals surface area contributed by atoms with Crippen molar-refractivity contribution in [1.29, 1.82) is 0 Å². The van der Waals surface area contributed by atoms with Gasteiger partial charge in [0.2, 0.25) is 0 Å². The normalized spacial score (nSPS) is 14.6. The highest BCUT2D eigenvalue weighted by molar-refractivity contribution is 6.29. The molecule has 1 unspecified atom stereocenters. The van der Waals surface area contributed by atoms with Crippen molar-refractivity contribution in [2.24, 2.45) is 0 Å². The highest BCUT2D eigenvalue weighted by Gasteiger charge is 2.22. The first-order chi connectivity index (χ1) is 8.95. The number of nitrogens with zero attached hydrogens (tertiary/aromatic N) is 2. The lowest BCUT2D eigenvalue weighted by molar-refractivity contribution is -0.0822. The fourth-order valence-corrected chi connectivity index (χ4v) is 1.81. The van der Waals surface area contributed by atoms with Crippen LogP contribution in [0.4, 0.5) is 0 Å². The van der Waals surface area contributed by atoms with Gasteiger partial charge in [0.25, 0.3) is 0 Å². The zero-order valence-electron chi connectivity index (χ0n) is 12.0. The van der Waals surface area contributed by atoms with Crippen molar-refractivity contribution < 1.29 is 5.11 Å². The van der Waals surface area contributed by atoms with Crippen LogP contribution in [-0.2, 0) is 6.54 Å². The molecule has 2 N–H and O–H groups in total. The molecule has 1 heterocycles. The Morgan fingerprint density at radius 3 is 2.79 bits per heavy atom. The minimum Gasteiger partial charge on any atom is -0.376 e. The van der Waals surface area contributed by atoms with E-state index >= 15 is 0 Å². The second-order valence-electron chi connectivity index (χ2n) is 5.01. The van der Waals surface area contributed by atoms with E-state index in [-0.39, 0.29) is 0 Å². The third-order valence-corrected chi connectivity index (χ3v) is 3.68. The third-order valence-electron chi connectivity index (χ3n) is 3.46. The molecule has 0 bridgehead atoms. The average Bonchev–Trinajstić information content (AvgIpc) is 2.40. The quantitative estimate of drug-likeness (QED) is 0.437. The summed E-state index contributed by atoms with van der Waals surface area (Å²) in [6, 6.07) is 3.77. The van der Waals surface area contributed by atoms with Gasteiger partial charge in [-0.1, -0.05) is 24.6 Å². The molecule has 1 aromatic rings. The summed E-state index contributed by atoms with van der Waals surface area (Å²) in [6.07, 6.45) is 3.50. The van der Waals surface area contributed by atoms with Crippen molar-refractivity contribution in [2.45, 2.75) is 39.0 Å². The summed E-state index contributed by atoms with van der Waals surface area (Å²) in [5.41, 5.74) is 0.415. The van der Waals surface area contributed by atoms with Gasteiger partial charge in [0.05, 0.1) is 0 Å². The number of hydrogen-bond acceptors (Lipinski definition) is 4. The second kappa shape index (κ2) is 7.80. The molecule has 0 saturated heterocycles. The Labute approximate surface area is 120 Å². The summed E-state index contributed by atoms with van der Waals surface area (Å²) in [7, 11) is 1.95. The highest BCUT2D eigenvalue weighted by Crippen LogP contribution is 2.13. The maximum absolute atomic E-state index is 10.0. The van der Waals surface area contributed by atoms with Gasteiger partial charge in [0, 0.05) is 19.3 Å². The predicted molar refractivity (Wildman–Crippen MR) is 79.1 cm³/mol. The Bertz CT molecular complexity index is 367. The Morgan fingerprint density at radius 2 is 2.21 bits per heavy atom. The number of halogens is 1. The molecule has 5 heteroatoms.